The van der Waals surface area contributed by atoms with E-state index in [9.17, 15) is 5.48 Å². The van der Waals surface area contributed by atoms with Crippen LogP contribution in [-0.4, -0.2) is 0 Å². The summed E-state index contributed by atoms with van der Waals surface area (Å²) >= 11 is 0. The Morgan fingerprint density at radius 3 is 1.78 bits per heavy atom. The molecule has 1 aliphatic carbocycles. The largest absolute Gasteiger partial charge is 0.310 e. The molecule has 0 atom stereocenters. The van der Waals surface area contributed by atoms with E-state index in [1.165, 1.54) is 27.5 Å². The van der Waals surface area contributed by atoms with Gasteiger partial charge in [-0.05, 0) is 136 Å². The highest BCUT2D eigenvalue weighted by Crippen LogP contribution is 2.50. The molecule has 1 heteroatoms. The first-order chi connectivity index (χ1) is 30.2. The molecule has 1 nitrogen and oxygen atoms in total. The molecule has 10 aromatic rings. The number of nitrogens with zero attached hydrogens (tertiary/aromatic N) is 1. The van der Waals surface area contributed by atoms with Gasteiger partial charge >= 0.3 is 0 Å². The number of hydrogen-bond donors (Lipinski definition) is 0. The Bertz CT molecular complexity index is 3410. The van der Waals surface area contributed by atoms with Crippen LogP contribution < -0.4 is 4.90 Å². The van der Waals surface area contributed by atoms with Crippen LogP contribution in [0.25, 0.3) is 76.8 Å². The molecule has 0 bridgehead atoms. The molecule has 58 heavy (non-hydrogen) atoms. The Morgan fingerprint density at radius 1 is 0.345 bits per heavy atom. The minimum absolute atomic E-state index is 0.0816. The maximum absolute atomic E-state index is 9.67. The van der Waals surface area contributed by atoms with Crippen LogP contribution in [0.4, 0.5) is 17.1 Å². The van der Waals surface area contributed by atoms with Crippen LogP contribution >= 0.6 is 0 Å². The summed E-state index contributed by atoms with van der Waals surface area (Å²) in [5.74, 6) is 0. The number of rotatable bonds is 6. The van der Waals surface area contributed by atoms with E-state index in [4.69, 9.17) is 0 Å². The Morgan fingerprint density at radius 2 is 0.931 bits per heavy atom. The smallest absolute Gasteiger partial charge is 0.0645 e. The van der Waals surface area contributed by atoms with Gasteiger partial charge in [0.2, 0.25) is 0 Å². The molecule has 0 aliphatic heterocycles. The first-order valence-electron chi connectivity index (χ1n) is 21.9. The van der Waals surface area contributed by atoms with Gasteiger partial charge in [0.15, 0.2) is 0 Å². The van der Waals surface area contributed by atoms with E-state index in [-0.39, 0.29) is 40.8 Å². The van der Waals surface area contributed by atoms with Crippen molar-refractivity contribution in [2.24, 2.45) is 0 Å². The standard InChI is InChI=1S/C57H41N/c1-57(2)55-20-8-7-18-53(55)54-34-32-48(37-56(54)57)58(47-30-25-39(26-31-47)43-27-33-52-45(36-43)22-21-41-12-4-6-17-50(41)52)46-28-23-38(24-29-46)42-14-9-15-44(35-42)51-19-10-13-40-11-3-5-16-49(40)51/h3-37H,1-2H3/i25D,26D,30D,31D. The van der Waals surface area contributed by atoms with Crippen molar-refractivity contribution < 1.29 is 5.48 Å². The number of hydrogen-bond acceptors (Lipinski definition) is 1. The average Bonchev–Trinajstić information content (AvgIpc) is 3.54. The summed E-state index contributed by atoms with van der Waals surface area (Å²) in [5, 5.41) is 6.74. The van der Waals surface area contributed by atoms with Crippen molar-refractivity contribution in [1.29, 1.82) is 0 Å². The van der Waals surface area contributed by atoms with Gasteiger partial charge in [0.05, 0.1) is 5.48 Å². The molecule has 1 aliphatic rings. The zero-order chi connectivity index (χ0) is 42.3. The van der Waals surface area contributed by atoms with E-state index in [0.29, 0.717) is 5.56 Å². The Kier molecular flexibility index (Phi) is 6.96. The molecule has 0 amide bonds. The Labute approximate surface area is 345 Å². The molecule has 11 rings (SSSR count). The van der Waals surface area contributed by atoms with Crippen LogP contribution in [0.3, 0.4) is 0 Å². The number of benzene rings is 10. The van der Waals surface area contributed by atoms with Gasteiger partial charge in [-0.2, -0.15) is 0 Å². The van der Waals surface area contributed by atoms with Gasteiger partial charge in [0.25, 0.3) is 0 Å². The topological polar surface area (TPSA) is 3.24 Å². The molecule has 0 saturated heterocycles. The lowest BCUT2D eigenvalue weighted by molar-refractivity contribution is 0.660. The van der Waals surface area contributed by atoms with Gasteiger partial charge in [-0.3, -0.25) is 0 Å². The fourth-order valence-corrected chi connectivity index (χ4v) is 9.12. The lowest BCUT2D eigenvalue weighted by atomic mass is 9.82. The molecular weight excluding hydrogens is 699 g/mol. The number of anilines is 3. The highest BCUT2D eigenvalue weighted by Gasteiger charge is 2.35. The minimum atomic E-state index is -0.285. The first kappa shape index (κ1) is 30.0. The third-order valence-electron chi connectivity index (χ3n) is 12.1. The molecular formula is C57H41N. The van der Waals surface area contributed by atoms with Crippen LogP contribution in [0.5, 0.6) is 0 Å². The predicted octanol–water partition coefficient (Wildman–Crippen LogP) is 15.9. The monoisotopic (exact) mass is 743 g/mol. The molecule has 0 spiro atoms. The quantitative estimate of drug-likeness (QED) is 0.153. The third-order valence-corrected chi connectivity index (χ3v) is 12.1. The third kappa shape index (κ3) is 5.62. The summed E-state index contributed by atoms with van der Waals surface area (Å²) in [4.78, 5) is 1.91. The summed E-state index contributed by atoms with van der Waals surface area (Å²) in [5.41, 5.74) is 11.5. The van der Waals surface area contributed by atoms with Crippen LogP contribution in [0.15, 0.2) is 212 Å². The lowest BCUT2D eigenvalue weighted by Gasteiger charge is -2.28. The maximum atomic E-state index is 9.67. The van der Waals surface area contributed by atoms with Gasteiger partial charge in [-0.25, -0.2) is 0 Å². The van der Waals surface area contributed by atoms with Crippen molar-refractivity contribution in [2.45, 2.75) is 19.3 Å². The summed E-state index contributed by atoms with van der Waals surface area (Å²) in [7, 11) is 0. The van der Waals surface area contributed by atoms with Crippen LogP contribution in [0.2, 0.25) is 0 Å². The summed E-state index contributed by atoms with van der Waals surface area (Å²) < 4.78 is 38.4. The fraction of sp³-hybridized carbons (Fsp3) is 0.0526. The van der Waals surface area contributed by atoms with Gasteiger partial charge in [-0.15, -0.1) is 0 Å². The van der Waals surface area contributed by atoms with E-state index in [0.717, 1.165) is 60.7 Å². The summed E-state index contributed by atoms with van der Waals surface area (Å²) in [6.45, 7) is 4.48. The fourth-order valence-electron chi connectivity index (χ4n) is 9.12. The van der Waals surface area contributed by atoms with Crippen molar-refractivity contribution >= 4 is 49.4 Å². The zero-order valence-electron chi connectivity index (χ0n) is 36.3. The van der Waals surface area contributed by atoms with Crippen molar-refractivity contribution in [3.05, 3.63) is 223 Å². The van der Waals surface area contributed by atoms with Crippen LogP contribution in [0.1, 0.15) is 30.5 Å². The SMILES string of the molecule is [2H]c1c([2H])c(N(c2ccc(-c3cccc(-c4cccc5ccccc45)c3)cc2)c2ccc3c(c2)C(C)(C)c2ccccc2-3)c([2H])c([2H])c1-c1ccc2c(ccc3ccccc32)c1. The van der Waals surface area contributed by atoms with Gasteiger partial charge < -0.3 is 4.90 Å². The van der Waals surface area contributed by atoms with Crippen LogP contribution in [0, 0.1) is 0 Å². The molecule has 0 N–H and O–H groups in total. The molecule has 0 saturated carbocycles. The van der Waals surface area contributed by atoms with Crippen molar-refractivity contribution in [3.63, 3.8) is 0 Å². The Balaban J connectivity index is 1.05. The second-order valence-corrected chi connectivity index (χ2v) is 15.8. The zero-order valence-corrected chi connectivity index (χ0v) is 32.3. The van der Waals surface area contributed by atoms with Crippen molar-refractivity contribution in [1.82, 2.24) is 0 Å². The number of fused-ring (bicyclic) bond motifs is 7. The average molecular weight is 744 g/mol. The highest BCUT2D eigenvalue weighted by atomic mass is 15.1. The van der Waals surface area contributed by atoms with E-state index < -0.39 is 0 Å². The molecule has 0 fully saturated rings. The maximum Gasteiger partial charge on any atom is 0.0645 e. The summed E-state index contributed by atoms with van der Waals surface area (Å²) in [6.07, 6.45) is 0. The molecule has 0 unspecified atom stereocenters. The molecule has 0 heterocycles. The predicted molar refractivity (Wildman–Crippen MR) is 248 cm³/mol. The molecule has 274 valence electrons. The van der Waals surface area contributed by atoms with E-state index in [2.05, 4.69) is 153 Å². The van der Waals surface area contributed by atoms with E-state index >= 15 is 0 Å². The van der Waals surface area contributed by atoms with Gasteiger partial charge in [-0.1, -0.05) is 178 Å². The Hall–Kier alpha value is -7.22. The lowest BCUT2D eigenvalue weighted by Crippen LogP contribution is -2.16. The van der Waals surface area contributed by atoms with Gasteiger partial charge in [0.1, 0.15) is 0 Å². The molecule has 10 aromatic carbocycles. The summed E-state index contributed by atoms with van der Waals surface area (Å²) in [6, 6.07) is 64.6. The van der Waals surface area contributed by atoms with E-state index in [1.807, 2.05) is 53.4 Å². The normalized spacial score (nSPS) is 13.8. The minimum Gasteiger partial charge on any atom is -0.310 e. The molecule has 0 aromatic heterocycles. The highest BCUT2D eigenvalue weighted by molar-refractivity contribution is 6.08. The second kappa shape index (κ2) is 13.5. The van der Waals surface area contributed by atoms with Crippen molar-refractivity contribution in [3.8, 4) is 44.5 Å². The van der Waals surface area contributed by atoms with Crippen LogP contribution in [-0.2, 0) is 5.41 Å². The van der Waals surface area contributed by atoms with Gasteiger partial charge in [0, 0.05) is 22.5 Å². The second-order valence-electron chi connectivity index (χ2n) is 15.8. The van der Waals surface area contributed by atoms with E-state index in [1.54, 1.807) is 0 Å². The molecule has 0 radical (unpaired) electrons. The first-order valence-corrected chi connectivity index (χ1v) is 19.9. The van der Waals surface area contributed by atoms with Crippen molar-refractivity contribution in [2.75, 3.05) is 4.90 Å².